The third-order valence-electron chi connectivity index (χ3n) is 9.05. The number of carbonyl (C=O) groups is 10. The summed E-state index contributed by atoms with van der Waals surface area (Å²) in [6.07, 6.45) is -2.07. The number of ketones is 2. The zero-order valence-electron chi connectivity index (χ0n) is 34.5. The Labute approximate surface area is 338 Å². The predicted molar refractivity (Wildman–Crippen MR) is 210 cm³/mol. The Morgan fingerprint density at radius 3 is 1.64 bits per heavy atom. The third kappa shape index (κ3) is 18.1. The zero-order valence-corrected chi connectivity index (χ0v) is 34.5. The monoisotopic (exact) mass is 816 g/mol. The maximum Gasteiger partial charge on any atom is 0.304 e. The lowest BCUT2D eigenvalue weighted by molar-refractivity contribution is -0.143. The van der Waals surface area contributed by atoms with Crippen LogP contribution in [0, 0.1) is 23.7 Å². The third-order valence-corrected chi connectivity index (χ3v) is 9.05. The van der Waals surface area contributed by atoms with Crippen LogP contribution >= 0.6 is 0 Å². The molecule has 1 rings (SSSR count). The fourth-order valence-electron chi connectivity index (χ4n) is 5.88. The summed E-state index contributed by atoms with van der Waals surface area (Å²) in [4.78, 5) is 128. The van der Waals surface area contributed by atoms with Gasteiger partial charge in [-0.15, -0.1) is 0 Å². The second-order valence-corrected chi connectivity index (χ2v) is 15.3. The molecule has 58 heavy (non-hydrogen) atoms. The number of Topliss-reactive ketones (excluding diaryl/α,β-unsaturated/α-hetero) is 2. The summed E-state index contributed by atoms with van der Waals surface area (Å²) < 4.78 is 0. The highest BCUT2D eigenvalue weighted by Crippen LogP contribution is 2.16. The Morgan fingerprint density at radius 1 is 0.621 bits per heavy atom. The van der Waals surface area contributed by atoms with Crippen molar-refractivity contribution in [3.63, 3.8) is 0 Å². The van der Waals surface area contributed by atoms with Crippen LogP contribution in [0.5, 0.6) is 0 Å². The summed E-state index contributed by atoms with van der Waals surface area (Å²) in [7, 11) is 0. The molecule has 0 aliphatic carbocycles. The van der Waals surface area contributed by atoms with Crippen LogP contribution < -0.4 is 31.9 Å². The number of hydrogen-bond acceptors (Lipinski definition) is 10. The number of rotatable bonds is 26. The van der Waals surface area contributed by atoms with Crippen molar-refractivity contribution >= 4 is 58.9 Å². The molecule has 0 aromatic heterocycles. The number of benzene rings is 1. The number of aliphatic carboxylic acids is 2. The van der Waals surface area contributed by atoms with Gasteiger partial charge in [-0.25, -0.2) is 0 Å². The topological polar surface area (TPSA) is 283 Å². The summed E-state index contributed by atoms with van der Waals surface area (Å²) >= 11 is 0. The molecule has 18 heteroatoms. The first kappa shape index (κ1) is 50.3. The molecule has 0 heterocycles. The Morgan fingerprint density at radius 2 is 1.16 bits per heavy atom. The molecule has 1 aromatic carbocycles. The van der Waals surface area contributed by atoms with E-state index in [1.54, 1.807) is 58.9 Å². The number of carboxylic acids is 2. The smallest absolute Gasteiger partial charge is 0.304 e. The van der Waals surface area contributed by atoms with Crippen LogP contribution in [-0.4, -0.2) is 99.4 Å². The summed E-state index contributed by atoms with van der Waals surface area (Å²) in [5, 5.41) is 33.8. The molecule has 8 N–H and O–H groups in total. The van der Waals surface area contributed by atoms with Crippen LogP contribution in [0.25, 0.3) is 0 Å². The Bertz CT molecular complexity index is 1630. The van der Waals surface area contributed by atoms with Crippen molar-refractivity contribution in [1.29, 1.82) is 0 Å². The molecule has 0 aliphatic rings. The van der Waals surface area contributed by atoms with Gasteiger partial charge in [-0.1, -0.05) is 78.8 Å². The van der Waals surface area contributed by atoms with Gasteiger partial charge in [-0.3, -0.25) is 47.9 Å². The second kappa shape index (κ2) is 24.8. The van der Waals surface area contributed by atoms with Crippen molar-refractivity contribution in [2.45, 2.75) is 131 Å². The number of carbonyl (C=O) groups excluding carboxylic acids is 8. The van der Waals surface area contributed by atoms with Crippen molar-refractivity contribution in [3.05, 3.63) is 35.9 Å². The highest BCUT2D eigenvalue weighted by Gasteiger charge is 2.36. The van der Waals surface area contributed by atoms with Crippen molar-refractivity contribution in [3.8, 4) is 0 Å². The lowest BCUT2D eigenvalue weighted by Crippen LogP contribution is -2.60. The summed E-state index contributed by atoms with van der Waals surface area (Å²) in [5.41, 5.74) is 0.771. The standard InChI is InChI=1S/C40H60N6O12/c1-9-27(35(53)40(58)41-20-25-13-11-10-12-14-25)43-37(55)29(17-21(2)3)44-38(56)33(22(4)5)46-39(57)34(23(6)7)45-36(54)26(19-32(51)52)18-30(48)28(42-24(8)47)15-16-31(49)50/h10-14,21-23,26-29,33-34H,9,15-20H2,1-8H3,(H,41,58)(H,42,47)(H,43,55)(H,44,56)(H,45,54)(H,46,57)(H,49,50)(H,51,52)/t26-,27+,28+,29+,33+,34+/m1/s1. The van der Waals surface area contributed by atoms with Gasteiger partial charge in [0.1, 0.15) is 18.1 Å². The van der Waals surface area contributed by atoms with Gasteiger partial charge in [0.15, 0.2) is 5.78 Å². The number of amides is 6. The first-order valence-electron chi connectivity index (χ1n) is 19.4. The Balaban J connectivity index is 3.17. The molecule has 0 radical (unpaired) electrons. The van der Waals surface area contributed by atoms with E-state index in [4.69, 9.17) is 5.11 Å². The quantitative estimate of drug-likeness (QED) is 0.0608. The van der Waals surface area contributed by atoms with Gasteiger partial charge >= 0.3 is 11.9 Å². The molecule has 322 valence electrons. The minimum atomic E-state index is -1.51. The van der Waals surface area contributed by atoms with Crippen molar-refractivity contribution < 1.29 is 58.2 Å². The minimum absolute atomic E-state index is 0.0841. The summed E-state index contributed by atoms with van der Waals surface area (Å²) in [6.45, 7) is 12.9. The molecule has 0 spiro atoms. The summed E-state index contributed by atoms with van der Waals surface area (Å²) in [6, 6.07) is 2.70. The lowest BCUT2D eigenvalue weighted by atomic mass is 9.92. The molecule has 0 fully saturated rings. The molecular formula is C40H60N6O12. The van der Waals surface area contributed by atoms with Gasteiger partial charge < -0.3 is 42.1 Å². The summed E-state index contributed by atoms with van der Waals surface area (Å²) in [5.74, 6) is -11.9. The molecule has 0 bridgehead atoms. The van der Waals surface area contributed by atoms with Crippen LogP contribution in [0.15, 0.2) is 30.3 Å². The molecule has 18 nitrogen and oxygen atoms in total. The van der Waals surface area contributed by atoms with Crippen molar-refractivity contribution in [2.75, 3.05) is 0 Å². The van der Waals surface area contributed by atoms with E-state index in [1.807, 2.05) is 19.9 Å². The van der Waals surface area contributed by atoms with E-state index in [1.165, 1.54) is 0 Å². The first-order chi connectivity index (χ1) is 27.1. The fraction of sp³-hybridized carbons (Fsp3) is 0.600. The van der Waals surface area contributed by atoms with E-state index in [-0.39, 0.29) is 31.7 Å². The van der Waals surface area contributed by atoms with Crippen molar-refractivity contribution in [1.82, 2.24) is 31.9 Å². The average Bonchev–Trinajstić information content (AvgIpc) is 3.13. The Kier molecular flexibility index (Phi) is 21.6. The van der Waals surface area contributed by atoms with Gasteiger partial charge in [0, 0.05) is 26.3 Å². The molecule has 6 atom stereocenters. The van der Waals surface area contributed by atoms with Crippen LogP contribution in [0.3, 0.4) is 0 Å². The largest absolute Gasteiger partial charge is 0.481 e. The fourth-order valence-corrected chi connectivity index (χ4v) is 5.88. The van der Waals surface area contributed by atoms with E-state index in [2.05, 4.69) is 31.9 Å². The average molecular weight is 817 g/mol. The first-order valence-corrected chi connectivity index (χ1v) is 19.4. The second-order valence-electron chi connectivity index (χ2n) is 15.3. The van der Waals surface area contributed by atoms with Gasteiger partial charge in [0.25, 0.3) is 5.91 Å². The minimum Gasteiger partial charge on any atom is -0.481 e. The van der Waals surface area contributed by atoms with E-state index in [9.17, 15) is 53.1 Å². The van der Waals surface area contributed by atoms with Crippen molar-refractivity contribution in [2.24, 2.45) is 23.7 Å². The normalized spacial score (nSPS) is 14.2. The van der Waals surface area contributed by atoms with E-state index >= 15 is 0 Å². The van der Waals surface area contributed by atoms with Gasteiger partial charge in [-0.05, 0) is 42.6 Å². The van der Waals surface area contributed by atoms with Crippen LogP contribution in [0.4, 0.5) is 0 Å². The van der Waals surface area contributed by atoms with Gasteiger partial charge in [0.2, 0.25) is 35.3 Å². The van der Waals surface area contributed by atoms with Gasteiger partial charge in [-0.2, -0.15) is 0 Å². The lowest BCUT2D eigenvalue weighted by Gasteiger charge is -2.30. The molecule has 0 aliphatic heterocycles. The highest BCUT2D eigenvalue weighted by molar-refractivity contribution is 6.38. The molecule has 0 saturated carbocycles. The Hall–Kier alpha value is -5.68. The molecular weight excluding hydrogens is 756 g/mol. The zero-order chi connectivity index (χ0) is 44.3. The van der Waals surface area contributed by atoms with Crippen LogP contribution in [0.2, 0.25) is 0 Å². The molecule has 0 unspecified atom stereocenters. The maximum absolute atomic E-state index is 13.7. The molecule has 1 aromatic rings. The van der Waals surface area contributed by atoms with E-state index < -0.39 is 126 Å². The maximum atomic E-state index is 13.7. The van der Waals surface area contributed by atoms with Crippen LogP contribution in [-0.2, 0) is 54.5 Å². The predicted octanol–water partition coefficient (Wildman–Crippen LogP) is 0.999. The number of nitrogens with one attached hydrogen (secondary N) is 6. The number of hydrogen-bond donors (Lipinski definition) is 8. The number of carboxylic acid groups (broad SMARTS) is 2. The molecule has 0 saturated heterocycles. The van der Waals surface area contributed by atoms with E-state index in [0.717, 1.165) is 12.5 Å². The van der Waals surface area contributed by atoms with Gasteiger partial charge in [0.05, 0.1) is 24.4 Å². The van der Waals surface area contributed by atoms with E-state index in [0.29, 0.717) is 0 Å². The molecule has 6 amide bonds. The van der Waals surface area contributed by atoms with Crippen LogP contribution in [0.1, 0.15) is 99.5 Å². The SMILES string of the molecule is CC[C@H](NC(=O)[C@H](CC(C)C)NC(=O)[C@@H](NC(=O)[C@@H](NC(=O)[C@@H](CC(=O)O)CC(=O)[C@H](CCC(=O)O)NC(C)=O)C(C)C)C(C)C)C(=O)C(=O)NCc1ccccc1. The highest BCUT2D eigenvalue weighted by atomic mass is 16.4.